The van der Waals surface area contributed by atoms with E-state index in [-0.39, 0.29) is 35.0 Å². The van der Waals surface area contributed by atoms with Crippen molar-refractivity contribution in [1.82, 2.24) is 14.6 Å². The molecule has 0 atom stereocenters. The first-order valence-electron chi connectivity index (χ1n) is 7.95. The third-order valence-corrected chi connectivity index (χ3v) is 4.31. The Morgan fingerprint density at radius 3 is 2.64 bits per heavy atom. The number of nitrogens with one attached hydrogen (secondary N) is 1. The van der Waals surface area contributed by atoms with Gasteiger partial charge in [0.2, 0.25) is 5.91 Å². The fraction of sp³-hybridized carbons (Fsp3) is 0.235. The molecule has 4 rings (SSSR count). The molecule has 11 heteroatoms. The number of alkyl halides is 5. The van der Waals surface area contributed by atoms with Crippen LogP contribution in [0.3, 0.4) is 0 Å². The maximum Gasteiger partial charge on any atom is 0.453 e. The zero-order valence-corrected chi connectivity index (χ0v) is 14.1. The van der Waals surface area contributed by atoms with E-state index >= 15 is 0 Å². The van der Waals surface area contributed by atoms with Crippen LogP contribution in [-0.4, -0.2) is 27.6 Å². The number of pyridine rings is 1. The molecule has 3 aromatic rings. The van der Waals surface area contributed by atoms with Gasteiger partial charge in [0, 0.05) is 11.1 Å². The normalized spacial score (nSPS) is 13.9. The molecule has 1 N–H and O–H groups in total. The number of nitrogens with zero attached hydrogens (tertiary/aromatic N) is 3. The van der Waals surface area contributed by atoms with Crippen LogP contribution in [-0.2, 0) is 17.4 Å². The Bertz CT molecular complexity index is 1110. The predicted octanol–water partition coefficient (Wildman–Crippen LogP) is 3.86. The Hall–Kier alpha value is -3.24. The third kappa shape index (κ3) is 2.83. The Balaban J connectivity index is 2.02. The van der Waals surface area contributed by atoms with Gasteiger partial charge in [0.25, 0.3) is 12.2 Å². The second-order valence-electron chi connectivity index (χ2n) is 6.08. The lowest BCUT2D eigenvalue weighted by molar-refractivity contribution is -0.144. The molecule has 0 unspecified atom stereocenters. The van der Waals surface area contributed by atoms with E-state index in [2.05, 4.69) is 15.4 Å². The number of hydrogen-bond donors (Lipinski definition) is 1. The van der Waals surface area contributed by atoms with Crippen molar-refractivity contribution in [2.45, 2.75) is 19.0 Å². The standard InChI is InChI=1S/C17H11F5N4O2/c1-28-10-5-8(4-7-6-12(27)24-13(7)10)14-9(15(18)19)2-3-11-23-16(17(20,21)22)25-26(11)14/h2-5,15H,6H2,1H3,(H,24,27). The maximum absolute atomic E-state index is 13.6. The number of anilines is 1. The van der Waals surface area contributed by atoms with Gasteiger partial charge in [-0.1, -0.05) is 0 Å². The van der Waals surface area contributed by atoms with Crippen molar-refractivity contribution in [2.24, 2.45) is 0 Å². The molecule has 1 aromatic carbocycles. The number of fused-ring (bicyclic) bond motifs is 2. The molecule has 0 spiro atoms. The van der Waals surface area contributed by atoms with Crippen LogP contribution < -0.4 is 10.1 Å². The SMILES string of the molecule is COc1cc(-c2c(C(F)F)ccc3nc(C(F)(F)F)nn23)cc2c1NC(=O)C2. The molecule has 1 amide bonds. The van der Waals surface area contributed by atoms with Crippen LogP contribution in [0.4, 0.5) is 27.6 Å². The topological polar surface area (TPSA) is 68.5 Å². The molecule has 146 valence electrons. The monoisotopic (exact) mass is 398 g/mol. The van der Waals surface area contributed by atoms with Crippen LogP contribution in [0.2, 0.25) is 0 Å². The van der Waals surface area contributed by atoms with Gasteiger partial charge in [0.1, 0.15) is 5.75 Å². The highest BCUT2D eigenvalue weighted by atomic mass is 19.4. The number of methoxy groups -OCH3 is 1. The lowest BCUT2D eigenvalue weighted by Gasteiger charge is -2.14. The molecular formula is C17H11F5N4O2. The van der Waals surface area contributed by atoms with E-state index in [4.69, 9.17) is 4.74 Å². The maximum atomic E-state index is 13.6. The summed E-state index contributed by atoms with van der Waals surface area (Å²) in [5.41, 5.74) is -0.00213. The molecule has 6 nitrogen and oxygen atoms in total. The molecule has 0 bridgehead atoms. The summed E-state index contributed by atoms with van der Waals surface area (Å²) in [4.78, 5) is 15.1. The second-order valence-corrected chi connectivity index (χ2v) is 6.08. The van der Waals surface area contributed by atoms with E-state index in [0.29, 0.717) is 11.3 Å². The lowest BCUT2D eigenvalue weighted by Crippen LogP contribution is -2.08. The summed E-state index contributed by atoms with van der Waals surface area (Å²) in [5.74, 6) is -1.55. The lowest BCUT2D eigenvalue weighted by atomic mass is 10.0. The minimum absolute atomic E-state index is 0.00925. The van der Waals surface area contributed by atoms with Crippen LogP contribution in [0, 0.1) is 0 Å². The first kappa shape index (κ1) is 18.1. The third-order valence-electron chi connectivity index (χ3n) is 4.31. The van der Waals surface area contributed by atoms with Gasteiger partial charge in [-0.05, 0) is 29.8 Å². The average molecular weight is 398 g/mol. The summed E-state index contributed by atoms with van der Waals surface area (Å²) in [6.45, 7) is 0. The highest BCUT2D eigenvalue weighted by Crippen LogP contribution is 2.40. The number of hydrogen-bond acceptors (Lipinski definition) is 4. The van der Waals surface area contributed by atoms with Crippen LogP contribution in [0.5, 0.6) is 5.75 Å². The summed E-state index contributed by atoms with van der Waals surface area (Å²) in [6, 6.07) is 4.86. The molecule has 2 aromatic heterocycles. The van der Waals surface area contributed by atoms with Crippen LogP contribution >= 0.6 is 0 Å². The summed E-state index contributed by atoms with van der Waals surface area (Å²) in [5, 5.41) is 5.99. The van der Waals surface area contributed by atoms with Gasteiger partial charge < -0.3 is 10.1 Å². The van der Waals surface area contributed by atoms with Crippen molar-refractivity contribution < 1.29 is 31.5 Å². The zero-order chi connectivity index (χ0) is 20.2. The van der Waals surface area contributed by atoms with E-state index < -0.39 is 24.0 Å². The summed E-state index contributed by atoms with van der Waals surface area (Å²) in [6.07, 6.45) is -7.82. The van der Waals surface area contributed by atoms with Gasteiger partial charge in [-0.2, -0.15) is 13.2 Å². The number of carbonyl (C=O) groups is 1. The minimum Gasteiger partial charge on any atom is -0.495 e. The highest BCUT2D eigenvalue weighted by molar-refractivity contribution is 6.01. The van der Waals surface area contributed by atoms with E-state index in [9.17, 15) is 26.7 Å². The number of amides is 1. The fourth-order valence-electron chi connectivity index (χ4n) is 3.16. The van der Waals surface area contributed by atoms with Gasteiger partial charge in [0.15, 0.2) is 5.65 Å². The molecular weight excluding hydrogens is 387 g/mol. The smallest absolute Gasteiger partial charge is 0.453 e. The first-order valence-corrected chi connectivity index (χ1v) is 7.95. The van der Waals surface area contributed by atoms with Crippen LogP contribution in [0.15, 0.2) is 24.3 Å². The van der Waals surface area contributed by atoms with Crippen molar-refractivity contribution in [1.29, 1.82) is 0 Å². The number of halogens is 5. The highest BCUT2D eigenvalue weighted by Gasteiger charge is 2.37. The Labute approximate surface area is 153 Å². The molecule has 0 fully saturated rings. The zero-order valence-electron chi connectivity index (χ0n) is 14.1. The molecule has 0 aliphatic carbocycles. The van der Waals surface area contributed by atoms with Gasteiger partial charge in [-0.15, -0.1) is 5.10 Å². The summed E-state index contributed by atoms with van der Waals surface area (Å²) < 4.78 is 72.2. The van der Waals surface area contributed by atoms with Gasteiger partial charge >= 0.3 is 6.18 Å². The van der Waals surface area contributed by atoms with Crippen molar-refractivity contribution in [3.63, 3.8) is 0 Å². The Morgan fingerprint density at radius 1 is 1.25 bits per heavy atom. The Kier molecular flexibility index (Phi) is 3.98. The number of carbonyl (C=O) groups excluding carboxylic acids is 1. The van der Waals surface area contributed by atoms with E-state index in [1.807, 2.05) is 0 Å². The van der Waals surface area contributed by atoms with E-state index in [0.717, 1.165) is 16.6 Å². The van der Waals surface area contributed by atoms with E-state index in [1.54, 1.807) is 0 Å². The minimum atomic E-state index is -4.83. The van der Waals surface area contributed by atoms with Crippen LogP contribution in [0.1, 0.15) is 23.4 Å². The van der Waals surface area contributed by atoms with Gasteiger partial charge in [0.05, 0.1) is 24.9 Å². The second kappa shape index (κ2) is 6.14. The first-order chi connectivity index (χ1) is 13.2. The largest absolute Gasteiger partial charge is 0.495 e. The van der Waals surface area contributed by atoms with E-state index in [1.165, 1.54) is 19.2 Å². The predicted molar refractivity (Wildman–Crippen MR) is 87.3 cm³/mol. The van der Waals surface area contributed by atoms with Crippen molar-refractivity contribution >= 4 is 17.2 Å². The molecule has 0 saturated heterocycles. The molecule has 0 radical (unpaired) electrons. The molecule has 1 aliphatic rings. The van der Waals surface area contributed by atoms with Gasteiger partial charge in [-0.25, -0.2) is 18.3 Å². The molecule has 3 heterocycles. The molecule has 0 saturated carbocycles. The van der Waals surface area contributed by atoms with Crippen LogP contribution in [0.25, 0.3) is 16.9 Å². The molecule has 1 aliphatic heterocycles. The van der Waals surface area contributed by atoms with Crippen molar-refractivity contribution in [3.05, 3.63) is 41.2 Å². The van der Waals surface area contributed by atoms with Crippen molar-refractivity contribution in [3.8, 4) is 17.0 Å². The number of rotatable bonds is 3. The quantitative estimate of drug-likeness (QED) is 0.681. The summed E-state index contributed by atoms with van der Waals surface area (Å²) in [7, 11) is 1.33. The average Bonchev–Trinajstić information content (AvgIpc) is 3.21. The summed E-state index contributed by atoms with van der Waals surface area (Å²) >= 11 is 0. The fourth-order valence-corrected chi connectivity index (χ4v) is 3.16. The number of aromatic nitrogens is 3. The number of ether oxygens (including phenoxy) is 1. The van der Waals surface area contributed by atoms with Gasteiger partial charge in [-0.3, -0.25) is 4.79 Å². The Morgan fingerprint density at radius 2 is 2.00 bits per heavy atom. The van der Waals surface area contributed by atoms with Crippen molar-refractivity contribution in [2.75, 3.05) is 12.4 Å². The molecule has 28 heavy (non-hydrogen) atoms. The number of benzene rings is 1.